The first-order chi connectivity index (χ1) is 13.1. The Balaban J connectivity index is 1.60. The zero-order valence-corrected chi connectivity index (χ0v) is 15.4. The van der Waals surface area contributed by atoms with Crippen LogP contribution in [0.25, 0.3) is 0 Å². The number of benzene rings is 2. The first-order valence-electron chi connectivity index (χ1n) is 9.15. The van der Waals surface area contributed by atoms with Gasteiger partial charge in [0, 0.05) is 36.7 Å². The summed E-state index contributed by atoms with van der Waals surface area (Å²) in [5.74, 6) is -0.325. The first kappa shape index (κ1) is 19.3. The molecule has 2 aromatic rings. The number of amides is 1. The first-order valence-corrected chi connectivity index (χ1v) is 9.15. The van der Waals surface area contributed by atoms with Gasteiger partial charge in [-0.25, -0.2) is 8.78 Å². The summed E-state index contributed by atoms with van der Waals surface area (Å²) < 4.78 is 32.6. The van der Waals surface area contributed by atoms with Crippen LogP contribution >= 0.6 is 0 Å². The third-order valence-corrected chi connectivity index (χ3v) is 4.97. The lowest BCUT2D eigenvalue weighted by Crippen LogP contribution is -2.39. The zero-order valence-electron chi connectivity index (χ0n) is 15.4. The lowest BCUT2D eigenvalue weighted by atomic mass is 9.95. The van der Waals surface area contributed by atoms with Crippen LogP contribution in [0.5, 0.6) is 5.75 Å². The topological polar surface area (TPSA) is 41.6 Å². The van der Waals surface area contributed by atoms with Gasteiger partial charge in [0.2, 0.25) is 5.91 Å². The van der Waals surface area contributed by atoms with Crippen LogP contribution in [-0.4, -0.2) is 30.9 Å². The van der Waals surface area contributed by atoms with Crippen molar-refractivity contribution in [2.45, 2.75) is 26.0 Å². The predicted molar refractivity (Wildman–Crippen MR) is 99.2 cm³/mol. The second-order valence-electron chi connectivity index (χ2n) is 6.80. The van der Waals surface area contributed by atoms with Gasteiger partial charge in [-0.15, -0.1) is 0 Å². The van der Waals surface area contributed by atoms with Crippen molar-refractivity contribution in [1.82, 2.24) is 10.2 Å². The predicted octanol–water partition coefficient (Wildman–Crippen LogP) is 3.50. The van der Waals surface area contributed by atoms with Crippen LogP contribution in [0.15, 0.2) is 42.5 Å². The van der Waals surface area contributed by atoms with Crippen molar-refractivity contribution in [3.63, 3.8) is 0 Å². The second kappa shape index (κ2) is 8.95. The highest BCUT2D eigenvalue weighted by atomic mass is 19.1. The van der Waals surface area contributed by atoms with Gasteiger partial charge in [0.05, 0.1) is 0 Å². The molecule has 0 saturated carbocycles. The maximum absolute atomic E-state index is 13.8. The highest BCUT2D eigenvalue weighted by Crippen LogP contribution is 2.25. The second-order valence-corrected chi connectivity index (χ2v) is 6.80. The summed E-state index contributed by atoms with van der Waals surface area (Å²) in [5.41, 5.74) is 1.33. The Morgan fingerprint density at radius 2 is 1.89 bits per heavy atom. The maximum Gasteiger partial charge on any atom is 0.222 e. The van der Waals surface area contributed by atoms with Gasteiger partial charge in [-0.05, 0) is 44.1 Å². The summed E-state index contributed by atoms with van der Waals surface area (Å²) in [6.07, 6.45) is 1.67. The van der Waals surface area contributed by atoms with E-state index in [2.05, 4.69) is 10.2 Å². The minimum absolute atomic E-state index is 0.0435. The monoisotopic (exact) mass is 374 g/mol. The van der Waals surface area contributed by atoms with E-state index >= 15 is 0 Å². The molecule has 0 radical (unpaired) electrons. The van der Waals surface area contributed by atoms with Gasteiger partial charge < -0.3 is 10.1 Å². The fourth-order valence-electron chi connectivity index (χ4n) is 3.37. The molecule has 0 bridgehead atoms. The molecule has 0 unspecified atom stereocenters. The molecule has 0 spiro atoms. The Kier molecular flexibility index (Phi) is 6.40. The molecule has 1 aliphatic rings. The number of likely N-dealkylation sites (tertiary alicyclic amines) is 1. The van der Waals surface area contributed by atoms with E-state index in [0.29, 0.717) is 17.9 Å². The maximum atomic E-state index is 13.8. The zero-order chi connectivity index (χ0) is 19.2. The van der Waals surface area contributed by atoms with E-state index in [0.717, 1.165) is 37.6 Å². The molecular weight excluding hydrogens is 350 g/mol. The average molecular weight is 374 g/mol. The van der Waals surface area contributed by atoms with Gasteiger partial charge in [-0.2, -0.15) is 0 Å². The van der Waals surface area contributed by atoms with Gasteiger partial charge in [-0.3, -0.25) is 9.69 Å². The van der Waals surface area contributed by atoms with Crippen LogP contribution in [0.4, 0.5) is 8.78 Å². The largest absolute Gasteiger partial charge is 0.488 e. The number of carbonyl (C=O) groups excluding carboxylic acids is 1. The smallest absolute Gasteiger partial charge is 0.222 e. The van der Waals surface area contributed by atoms with Crippen molar-refractivity contribution >= 4 is 5.91 Å². The van der Waals surface area contributed by atoms with Crippen LogP contribution < -0.4 is 10.1 Å². The molecule has 27 heavy (non-hydrogen) atoms. The van der Waals surface area contributed by atoms with Crippen molar-refractivity contribution < 1.29 is 18.3 Å². The van der Waals surface area contributed by atoms with Gasteiger partial charge in [0.25, 0.3) is 0 Å². The quantitative estimate of drug-likeness (QED) is 0.841. The molecule has 2 aromatic carbocycles. The Bertz CT molecular complexity index is 790. The van der Waals surface area contributed by atoms with E-state index in [1.54, 1.807) is 7.05 Å². The fraction of sp³-hybridized carbons (Fsp3) is 0.381. The Morgan fingerprint density at radius 3 is 2.59 bits per heavy atom. The standard InChI is InChI=1S/C21H24F2N2O2/c1-24-21(26)15-8-10-25(11-9-15)13-16-4-2-3-5-20(16)27-14-17-6-7-18(22)12-19(17)23/h2-7,12,15H,8-11,13-14H2,1H3,(H,24,26). The number of para-hydroxylation sites is 1. The summed E-state index contributed by atoms with van der Waals surface area (Å²) in [6, 6.07) is 11.1. The van der Waals surface area contributed by atoms with E-state index in [4.69, 9.17) is 4.74 Å². The summed E-state index contributed by atoms with van der Waals surface area (Å²) in [7, 11) is 1.67. The van der Waals surface area contributed by atoms with Crippen LogP contribution in [-0.2, 0) is 17.9 Å². The van der Waals surface area contributed by atoms with Crippen LogP contribution in [0.2, 0.25) is 0 Å². The van der Waals surface area contributed by atoms with Gasteiger partial charge in [-0.1, -0.05) is 18.2 Å². The number of piperidine rings is 1. The molecule has 1 saturated heterocycles. The molecule has 1 N–H and O–H groups in total. The fourth-order valence-corrected chi connectivity index (χ4v) is 3.37. The van der Waals surface area contributed by atoms with Crippen molar-refractivity contribution in [3.8, 4) is 5.75 Å². The molecule has 1 fully saturated rings. The van der Waals surface area contributed by atoms with Crippen molar-refractivity contribution in [1.29, 1.82) is 0 Å². The molecule has 6 heteroatoms. The number of nitrogens with one attached hydrogen (secondary N) is 1. The molecule has 1 amide bonds. The Morgan fingerprint density at radius 1 is 1.15 bits per heavy atom. The molecule has 4 nitrogen and oxygen atoms in total. The lowest BCUT2D eigenvalue weighted by Gasteiger charge is -2.31. The third kappa shape index (κ3) is 5.04. The van der Waals surface area contributed by atoms with Gasteiger partial charge in [0.15, 0.2) is 0 Å². The van der Waals surface area contributed by atoms with E-state index in [1.165, 1.54) is 12.1 Å². The Labute approximate surface area is 158 Å². The van der Waals surface area contributed by atoms with E-state index in [-0.39, 0.29) is 18.4 Å². The van der Waals surface area contributed by atoms with Crippen LogP contribution in [0.3, 0.4) is 0 Å². The molecule has 3 rings (SSSR count). The molecule has 144 valence electrons. The minimum Gasteiger partial charge on any atom is -0.488 e. The summed E-state index contributed by atoms with van der Waals surface area (Å²) in [4.78, 5) is 14.0. The highest BCUT2D eigenvalue weighted by Gasteiger charge is 2.24. The number of ether oxygens (including phenoxy) is 1. The molecule has 0 aromatic heterocycles. The van der Waals surface area contributed by atoms with E-state index in [9.17, 15) is 13.6 Å². The number of halogens is 2. The van der Waals surface area contributed by atoms with Crippen LogP contribution in [0, 0.1) is 17.6 Å². The number of nitrogens with zero attached hydrogens (tertiary/aromatic N) is 1. The number of hydrogen-bond acceptors (Lipinski definition) is 3. The normalized spacial score (nSPS) is 15.5. The number of rotatable bonds is 6. The van der Waals surface area contributed by atoms with Crippen molar-refractivity contribution in [3.05, 3.63) is 65.2 Å². The summed E-state index contributed by atoms with van der Waals surface area (Å²) in [5, 5.41) is 2.72. The molecule has 0 aliphatic carbocycles. The number of hydrogen-bond donors (Lipinski definition) is 1. The number of carbonyl (C=O) groups is 1. The minimum atomic E-state index is -0.608. The van der Waals surface area contributed by atoms with Gasteiger partial charge >= 0.3 is 0 Å². The SMILES string of the molecule is CNC(=O)C1CCN(Cc2ccccc2OCc2ccc(F)cc2F)CC1. The lowest BCUT2D eigenvalue weighted by molar-refractivity contribution is -0.125. The molecule has 1 heterocycles. The average Bonchev–Trinajstić information content (AvgIpc) is 2.68. The van der Waals surface area contributed by atoms with Crippen molar-refractivity contribution in [2.75, 3.05) is 20.1 Å². The molecule has 0 atom stereocenters. The highest BCUT2D eigenvalue weighted by molar-refractivity contribution is 5.78. The summed E-state index contributed by atoms with van der Waals surface area (Å²) in [6.45, 7) is 2.45. The van der Waals surface area contributed by atoms with Crippen molar-refractivity contribution in [2.24, 2.45) is 5.92 Å². The van der Waals surface area contributed by atoms with Crippen LogP contribution in [0.1, 0.15) is 24.0 Å². The van der Waals surface area contributed by atoms with Gasteiger partial charge in [0.1, 0.15) is 24.0 Å². The van der Waals surface area contributed by atoms with E-state index < -0.39 is 11.6 Å². The Hall–Kier alpha value is -2.47. The molecule has 1 aliphatic heterocycles. The summed E-state index contributed by atoms with van der Waals surface area (Å²) >= 11 is 0. The third-order valence-electron chi connectivity index (χ3n) is 4.97. The van der Waals surface area contributed by atoms with E-state index in [1.807, 2.05) is 24.3 Å². The molecular formula is C21H24F2N2O2.